The molecule has 0 amide bonds. The molecule has 0 aliphatic carbocycles. The first-order chi connectivity index (χ1) is 15.9. The lowest BCUT2D eigenvalue weighted by molar-refractivity contribution is 0.0969. The number of Topliss-reactive ketones (excluding diaryl/α,β-unsaturated/α-hetero) is 1. The van der Waals surface area contributed by atoms with Crippen molar-refractivity contribution in [2.75, 3.05) is 0 Å². The van der Waals surface area contributed by atoms with Crippen molar-refractivity contribution in [2.24, 2.45) is 0 Å². The van der Waals surface area contributed by atoms with Crippen molar-refractivity contribution in [3.8, 4) is 11.6 Å². The number of carbonyl (C=O) groups excluding carboxylic acids is 1. The van der Waals surface area contributed by atoms with Crippen LogP contribution in [0.3, 0.4) is 0 Å². The van der Waals surface area contributed by atoms with Gasteiger partial charge in [-0.3, -0.25) is 14.2 Å². The van der Waals surface area contributed by atoms with E-state index < -0.39 is 17.1 Å². The first-order valence-electron chi connectivity index (χ1n) is 10.5. The fraction of sp³-hybridized carbons (Fsp3) is 0.200. The van der Waals surface area contributed by atoms with Crippen molar-refractivity contribution in [3.63, 3.8) is 0 Å². The van der Waals surface area contributed by atoms with Crippen LogP contribution in [0.4, 0.5) is 0 Å². The van der Waals surface area contributed by atoms with Gasteiger partial charge in [0, 0.05) is 16.5 Å². The Bertz CT molecular complexity index is 1540. The molecule has 0 saturated heterocycles. The van der Waals surface area contributed by atoms with Gasteiger partial charge in [-0.05, 0) is 49.7 Å². The molecule has 2 aromatic heterocycles. The number of nitrogens with zero attached hydrogens (tertiary/aromatic N) is 2. The predicted octanol–water partition coefficient (Wildman–Crippen LogP) is 4.84. The van der Waals surface area contributed by atoms with Crippen LogP contribution in [0, 0.1) is 6.92 Å². The van der Waals surface area contributed by atoms with E-state index >= 15 is 0 Å². The molecule has 8 heteroatoms. The van der Waals surface area contributed by atoms with Gasteiger partial charge in [-0.2, -0.15) is 4.98 Å². The number of halogens is 1. The molecule has 4 aromatic rings. The normalized spacial score (nSPS) is 14.5. The molecule has 0 fully saturated rings. The number of ketones is 1. The molecule has 1 aliphatic heterocycles. The molecule has 5 rings (SSSR count). The fourth-order valence-corrected chi connectivity index (χ4v) is 4.41. The molecule has 33 heavy (non-hydrogen) atoms. The molecule has 0 bridgehead atoms. The summed E-state index contributed by atoms with van der Waals surface area (Å²) in [7, 11) is 0. The summed E-state index contributed by atoms with van der Waals surface area (Å²) < 4.78 is 12.9. The summed E-state index contributed by atoms with van der Waals surface area (Å²) in [5.74, 6) is 0.0355. The first kappa shape index (κ1) is 21.2. The van der Waals surface area contributed by atoms with Gasteiger partial charge in [-0.25, -0.2) is 4.79 Å². The van der Waals surface area contributed by atoms with E-state index in [2.05, 4.69) is 4.98 Å². The maximum absolute atomic E-state index is 13.5. The van der Waals surface area contributed by atoms with Crippen molar-refractivity contribution in [1.29, 1.82) is 0 Å². The Hall–Kier alpha value is -3.71. The van der Waals surface area contributed by atoms with Gasteiger partial charge in [0.15, 0.2) is 11.5 Å². The van der Waals surface area contributed by atoms with E-state index in [1.807, 2.05) is 13.0 Å². The van der Waals surface area contributed by atoms with Crippen LogP contribution in [0.5, 0.6) is 11.6 Å². The molecule has 0 spiro atoms. The van der Waals surface area contributed by atoms with Crippen molar-refractivity contribution in [2.45, 2.75) is 32.7 Å². The van der Waals surface area contributed by atoms with E-state index in [1.54, 1.807) is 49.4 Å². The standard InChI is InChI=1S/C25H19ClN2O5/c1-3-16-20-22(17-6-4-5-7-19(17)32-25(20)31)33-23-21(16)24(30)28(13(2)27-23)12-18(29)14-8-10-15(26)11-9-14/h4-11,16H,3,12H2,1-2H3. The van der Waals surface area contributed by atoms with Crippen LogP contribution in [0.1, 0.15) is 46.6 Å². The van der Waals surface area contributed by atoms with Gasteiger partial charge in [-0.15, -0.1) is 0 Å². The second-order valence-electron chi connectivity index (χ2n) is 7.89. The number of aromatic nitrogens is 2. The third-order valence-corrected chi connectivity index (χ3v) is 6.18. The molecule has 0 N–H and O–H groups in total. The third-order valence-electron chi connectivity index (χ3n) is 5.93. The quantitative estimate of drug-likeness (QED) is 0.318. The summed E-state index contributed by atoms with van der Waals surface area (Å²) in [6, 6.07) is 13.5. The summed E-state index contributed by atoms with van der Waals surface area (Å²) in [6.07, 6.45) is 0.456. The van der Waals surface area contributed by atoms with Crippen LogP contribution >= 0.6 is 11.6 Å². The molecule has 7 nitrogen and oxygen atoms in total. The Morgan fingerprint density at radius 3 is 2.55 bits per heavy atom. The average Bonchev–Trinajstić information content (AvgIpc) is 2.81. The first-order valence-corrected chi connectivity index (χ1v) is 10.9. The molecular weight excluding hydrogens is 444 g/mol. The summed E-state index contributed by atoms with van der Waals surface area (Å²) in [4.78, 5) is 43.7. The van der Waals surface area contributed by atoms with E-state index in [0.29, 0.717) is 45.1 Å². The Morgan fingerprint density at radius 1 is 1.09 bits per heavy atom. The Kier molecular flexibility index (Phi) is 5.13. The second kappa shape index (κ2) is 8.01. The molecule has 0 radical (unpaired) electrons. The lowest BCUT2D eigenvalue weighted by Gasteiger charge is -2.26. The predicted molar refractivity (Wildman–Crippen MR) is 124 cm³/mol. The topological polar surface area (TPSA) is 91.4 Å². The summed E-state index contributed by atoms with van der Waals surface area (Å²) in [5.41, 5.74) is 0.418. The van der Waals surface area contributed by atoms with Crippen molar-refractivity contribution in [3.05, 3.63) is 96.8 Å². The minimum absolute atomic E-state index is 0.155. The molecule has 2 aromatic carbocycles. The van der Waals surface area contributed by atoms with Crippen LogP contribution in [0.2, 0.25) is 5.02 Å². The smallest absolute Gasteiger partial charge is 0.343 e. The number of fused-ring (bicyclic) bond motifs is 4. The maximum atomic E-state index is 13.5. The second-order valence-corrected chi connectivity index (χ2v) is 8.33. The van der Waals surface area contributed by atoms with E-state index in [0.717, 1.165) is 0 Å². The minimum Gasteiger partial charge on any atom is -0.437 e. The summed E-state index contributed by atoms with van der Waals surface area (Å²) in [6.45, 7) is 3.33. The van der Waals surface area contributed by atoms with E-state index in [4.69, 9.17) is 20.8 Å². The van der Waals surface area contributed by atoms with Crippen molar-refractivity contribution >= 4 is 28.4 Å². The number of benzene rings is 2. The highest BCUT2D eigenvalue weighted by Gasteiger charge is 2.36. The van der Waals surface area contributed by atoms with Gasteiger partial charge in [0.1, 0.15) is 11.4 Å². The largest absolute Gasteiger partial charge is 0.437 e. The van der Waals surface area contributed by atoms with Crippen LogP contribution in [-0.2, 0) is 6.54 Å². The Labute approximate surface area is 193 Å². The monoisotopic (exact) mass is 462 g/mol. The van der Waals surface area contributed by atoms with Crippen LogP contribution in [-0.4, -0.2) is 15.3 Å². The fourth-order valence-electron chi connectivity index (χ4n) is 4.28. The van der Waals surface area contributed by atoms with Crippen LogP contribution in [0.25, 0.3) is 11.0 Å². The third kappa shape index (κ3) is 3.45. The zero-order valence-electron chi connectivity index (χ0n) is 17.9. The van der Waals surface area contributed by atoms with E-state index in [1.165, 1.54) is 4.57 Å². The van der Waals surface area contributed by atoms with Gasteiger partial charge in [0.2, 0.25) is 5.88 Å². The van der Waals surface area contributed by atoms with Crippen molar-refractivity contribution < 1.29 is 13.9 Å². The van der Waals surface area contributed by atoms with Crippen LogP contribution in [0.15, 0.2) is 62.5 Å². The molecular formula is C25H19ClN2O5. The highest BCUT2D eigenvalue weighted by Crippen LogP contribution is 2.44. The van der Waals surface area contributed by atoms with Crippen molar-refractivity contribution in [1.82, 2.24) is 9.55 Å². The molecule has 0 saturated carbocycles. The Morgan fingerprint density at radius 2 is 1.82 bits per heavy atom. The lowest BCUT2D eigenvalue weighted by atomic mass is 9.88. The molecule has 166 valence electrons. The number of hydrogen-bond donors (Lipinski definition) is 0. The van der Waals surface area contributed by atoms with Gasteiger partial charge >= 0.3 is 5.63 Å². The minimum atomic E-state index is -0.568. The highest BCUT2D eigenvalue weighted by atomic mass is 35.5. The SMILES string of the molecule is CCC1c2c(c3ccccc3oc2=O)Oc2nc(C)n(CC(=O)c3ccc(Cl)cc3)c(=O)c21. The summed E-state index contributed by atoms with van der Waals surface area (Å²) >= 11 is 5.91. The zero-order chi connectivity index (χ0) is 23.3. The van der Waals surface area contributed by atoms with Gasteiger partial charge in [-0.1, -0.05) is 30.7 Å². The van der Waals surface area contributed by atoms with Gasteiger partial charge in [0.05, 0.1) is 23.1 Å². The lowest BCUT2D eigenvalue weighted by Crippen LogP contribution is -2.34. The average molecular weight is 463 g/mol. The number of carbonyl (C=O) groups is 1. The van der Waals surface area contributed by atoms with E-state index in [-0.39, 0.29) is 23.8 Å². The number of para-hydroxylation sites is 1. The van der Waals surface area contributed by atoms with Crippen LogP contribution < -0.4 is 15.9 Å². The molecule has 3 heterocycles. The number of rotatable bonds is 4. The number of ether oxygens (including phenoxy) is 1. The number of aryl methyl sites for hydroxylation is 1. The number of hydrogen-bond acceptors (Lipinski definition) is 6. The Balaban J connectivity index is 1.64. The maximum Gasteiger partial charge on any atom is 0.343 e. The highest BCUT2D eigenvalue weighted by molar-refractivity contribution is 6.30. The van der Waals surface area contributed by atoms with E-state index in [9.17, 15) is 14.4 Å². The zero-order valence-corrected chi connectivity index (χ0v) is 18.7. The summed E-state index contributed by atoms with van der Waals surface area (Å²) in [5, 5.41) is 1.15. The van der Waals surface area contributed by atoms with Gasteiger partial charge < -0.3 is 9.15 Å². The molecule has 1 atom stereocenters. The molecule has 1 aliphatic rings. The molecule has 1 unspecified atom stereocenters. The van der Waals surface area contributed by atoms with Gasteiger partial charge in [0.25, 0.3) is 5.56 Å².